The molecule has 0 radical (unpaired) electrons. The maximum atomic E-state index is 12.5. The van der Waals surface area contributed by atoms with Crippen LogP contribution < -0.4 is 0 Å². The number of likely N-dealkylation sites (tertiary alicyclic amines) is 1. The molecule has 3 heterocycles. The first-order valence-electron chi connectivity index (χ1n) is 8.28. The van der Waals surface area contributed by atoms with Crippen LogP contribution in [-0.4, -0.2) is 44.3 Å². The van der Waals surface area contributed by atoms with E-state index in [0.29, 0.717) is 22.9 Å². The summed E-state index contributed by atoms with van der Waals surface area (Å²) in [5.74, 6) is 0.993. The Kier molecular flexibility index (Phi) is 5.55. The molecule has 1 atom stereocenters. The fourth-order valence-corrected chi connectivity index (χ4v) is 4.54. The third kappa shape index (κ3) is 3.80. The first-order valence-corrected chi connectivity index (χ1v) is 10.1. The lowest BCUT2D eigenvalue weighted by Crippen LogP contribution is -2.44. The molecule has 0 aliphatic carbocycles. The molecule has 24 heavy (non-hydrogen) atoms. The topological polar surface area (TPSA) is 72.1 Å². The number of carbonyl (C=O) groups is 1. The molecule has 0 spiro atoms. The summed E-state index contributed by atoms with van der Waals surface area (Å²) in [6.45, 7) is 6.90. The number of thiazole rings is 1. The smallest absolute Gasteiger partial charge is 0.277 e. The molecule has 1 fully saturated rings. The van der Waals surface area contributed by atoms with Gasteiger partial charge in [-0.3, -0.25) is 4.79 Å². The Morgan fingerprint density at radius 2 is 2.21 bits per heavy atom. The number of aromatic nitrogens is 3. The predicted molar refractivity (Wildman–Crippen MR) is 95.2 cm³/mol. The molecule has 0 bridgehead atoms. The van der Waals surface area contributed by atoms with E-state index < -0.39 is 0 Å². The number of piperidine rings is 1. The van der Waals surface area contributed by atoms with Gasteiger partial charge in [-0.05, 0) is 39.5 Å². The van der Waals surface area contributed by atoms with E-state index in [9.17, 15) is 4.79 Å². The summed E-state index contributed by atoms with van der Waals surface area (Å²) >= 11 is 2.85. The molecule has 1 saturated heterocycles. The Balaban J connectivity index is 1.61. The molecule has 8 heteroatoms. The van der Waals surface area contributed by atoms with Crippen molar-refractivity contribution in [1.29, 1.82) is 0 Å². The van der Waals surface area contributed by atoms with Crippen LogP contribution in [0.2, 0.25) is 0 Å². The SMILES string of the molecule is CC[C@H]1CCCCN1C(=O)CSc1nnc(-c2sc(C)nc2C)o1. The maximum Gasteiger partial charge on any atom is 0.277 e. The molecule has 2 aromatic rings. The average Bonchev–Trinajstić information content (AvgIpc) is 3.18. The lowest BCUT2D eigenvalue weighted by molar-refractivity contribution is -0.132. The van der Waals surface area contributed by atoms with E-state index in [1.807, 2.05) is 18.7 Å². The zero-order valence-corrected chi connectivity index (χ0v) is 15.9. The van der Waals surface area contributed by atoms with Crippen molar-refractivity contribution in [1.82, 2.24) is 20.1 Å². The highest BCUT2D eigenvalue weighted by Gasteiger charge is 2.25. The van der Waals surface area contributed by atoms with Gasteiger partial charge in [-0.1, -0.05) is 18.7 Å². The van der Waals surface area contributed by atoms with Crippen LogP contribution in [0, 0.1) is 13.8 Å². The van der Waals surface area contributed by atoms with Gasteiger partial charge >= 0.3 is 0 Å². The number of hydrogen-bond donors (Lipinski definition) is 0. The second-order valence-corrected chi connectivity index (χ2v) is 8.08. The van der Waals surface area contributed by atoms with E-state index in [4.69, 9.17) is 4.42 Å². The molecule has 6 nitrogen and oxygen atoms in total. The van der Waals surface area contributed by atoms with Gasteiger partial charge in [0.15, 0.2) is 0 Å². The highest BCUT2D eigenvalue weighted by Crippen LogP contribution is 2.30. The van der Waals surface area contributed by atoms with Crippen LogP contribution in [-0.2, 0) is 4.79 Å². The summed E-state index contributed by atoms with van der Waals surface area (Å²) < 4.78 is 5.70. The Hall–Kier alpha value is -1.41. The van der Waals surface area contributed by atoms with E-state index in [1.54, 1.807) is 0 Å². The Morgan fingerprint density at radius 3 is 2.92 bits per heavy atom. The first-order chi connectivity index (χ1) is 11.6. The largest absolute Gasteiger partial charge is 0.410 e. The van der Waals surface area contributed by atoms with Crippen LogP contribution in [0.3, 0.4) is 0 Å². The molecule has 3 rings (SSSR count). The molecule has 0 unspecified atom stereocenters. The summed E-state index contributed by atoms with van der Waals surface area (Å²) in [7, 11) is 0. The fourth-order valence-electron chi connectivity index (χ4n) is 3.05. The van der Waals surface area contributed by atoms with Gasteiger partial charge < -0.3 is 9.32 Å². The van der Waals surface area contributed by atoms with Gasteiger partial charge in [0.25, 0.3) is 11.1 Å². The zero-order chi connectivity index (χ0) is 17.1. The molecule has 1 amide bonds. The van der Waals surface area contributed by atoms with Crippen molar-refractivity contribution in [2.45, 2.75) is 57.7 Å². The molecule has 0 saturated carbocycles. The number of hydrogen-bond acceptors (Lipinski definition) is 7. The van der Waals surface area contributed by atoms with Crippen molar-refractivity contribution in [3.8, 4) is 10.8 Å². The normalized spacial score (nSPS) is 18.1. The summed E-state index contributed by atoms with van der Waals surface area (Å²) in [4.78, 5) is 19.8. The van der Waals surface area contributed by atoms with E-state index in [2.05, 4.69) is 22.1 Å². The molecule has 1 aliphatic heterocycles. The van der Waals surface area contributed by atoms with E-state index >= 15 is 0 Å². The summed E-state index contributed by atoms with van der Waals surface area (Å²) in [6, 6.07) is 0.382. The van der Waals surface area contributed by atoms with E-state index in [0.717, 1.165) is 41.4 Å². The maximum absolute atomic E-state index is 12.5. The second-order valence-electron chi connectivity index (χ2n) is 5.95. The highest BCUT2D eigenvalue weighted by molar-refractivity contribution is 7.99. The van der Waals surface area contributed by atoms with Crippen LogP contribution in [0.1, 0.15) is 43.3 Å². The standard InChI is InChI=1S/C16H22N4O2S2/c1-4-12-7-5-6-8-20(12)13(21)9-23-16-19-18-15(22-16)14-10(2)17-11(3)24-14/h12H,4-9H2,1-3H3/t12-/m0/s1. The van der Waals surface area contributed by atoms with Crippen molar-refractivity contribution in [2.24, 2.45) is 0 Å². The number of thioether (sulfide) groups is 1. The third-order valence-electron chi connectivity index (χ3n) is 4.24. The predicted octanol–water partition coefficient (Wildman–Crippen LogP) is 3.69. The van der Waals surface area contributed by atoms with Crippen molar-refractivity contribution in [2.75, 3.05) is 12.3 Å². The Labute approximate surface area is 150 Å². The number of amides is 1. The van der Waals surface area contributed by atoms with Crippen molar-refractivity contribution in [3.63, 3.8) is 0 Å². The molecule has 1 aliphatic rings. The van der Waals surface area contributed by atoms with Crippen LogP contribution in [0.15, 0.2) is 9.64 Å². The molecular formula is C16H22N4O2S2. The highest BCUT2D eigenvalue weighted by atomic mass is 32.2. The van der Waals surface area contributed by atoms with Crippen molar-refractivity contribution >= 4 is 29.0 Å². The first kappa shape index (κ1) is 17.4. The summed E-state index contributed by atoms with van der Waals surface area (Å²) in [5.41, 5.74) is 0.896. The van der Waals surface area contributed by atoms with Crippen LogP contribution in [0.25, 0.3) is 10.8 Å². The van der Waals surface area contributed by atoms with Crippen LogP contribution in [0.4, 0.5) is 0 Å². The molecule has 0 N–H and O–H groups in total. The average molecular weight is 367 g/mol. The number of carbonyl (C=O) groups excluding carboxylic acids is 1. The van der Waals surface area contributed by atoms with Gasteiger partial charge in [0.05, 0.1) is 16.5 Å². The van der Waals surface area contributed by atoms with Crippen molar-refractivity contribution in [3.05, 3.63) is 10.7 Å². The monoisotopic (exact) mass is 366 g/mol. The lowest BCUT2D eigenvalue weighted by atomic mass is 10.0. The zero-order valence-electron chi connectivity index (χ0n) is 14.2. The molecule has 0 aromatic carbocycles. The minimum atomic E-state index is 0.163. The van der Waals surface area contributed by atoms with E-state index in [-0.39, 0.29) is 5.91 Å². The Bertz CT molecular complexity index is 713. The minimum Gasteiger partial charge on any atom is -0.410 e. The van der Waals surface area contributed by atoms with Gasteiger partial charge in [-0.2, -0.15) is 0 Å². The third-order valence-corrected chi connectivity index (χ3v) is 6.11. The van der Waals surface area contributed by atoms with Crippen LogP contribution in [0.5, 0.6) is 0 Å². The number of aryl methyl sites for hydroxylation is 2. The van der Waals surface area contributed by atoms with Crippen LogP contribution >= 0.6 is 23.1 Å². The molecule has 130 valence electrons. The van der Waals surface area contributed by atoms with Gasteiger partial charge in [0.1, 0.15) is 4.88 Å². The minimum absolute atomic E-state index is 0.163. The number of rotatable bonds is 5. The summed E-state index contributed by atoms with van der Waals surface area (Å²) in [5, 5.41) is 9.56. The number of nitrogens with zero attached hydrogens (tertiary/aromatic N) is 4. The quantitative estimate of drug-likeness (QED) is 0.752. The molecule has 2 aromatic heterocycles. The summed E-state index contributed by atoms with van der Waals surface area (Å²) in [6.07, 6.45) is 4.45. The fraction of sp³-hybridized carbons (Fsp3) is 0.625. The van der Waals surface area contributed by atoms with Crippen molar-refractivity contribution < 1.29 is 9.21 Å². The Morgan fingerprint density at radius 1 is 1.38 bits per heavy atom. The van der Waals surface area contributed by atoms with Gasteiger partial charge in [-0.25, -0.2) is 4.98 Å². The van der Waals surface area contributed by atoms with Gasteiger partial charge in [0, 0.05) is 12.6 Å². The van der Waals surface area contributed by atoms with E-state index in [1.165, 1.54) is 29.5 Å². The van der Waals surface area contributed by atoms with Gasteiger partial charge in [0.2, 0.25) is 5.91 Å². The second kappa shape index (κ2) is 7.65. The lowest BCUT2D eigenvalue weighted by Gasteiger charge is -2.35. The van der Waals surface area contributed by atoms with Gasteiger partial charge in [-0.15, -0.1) is 21.5 Å². The molecular weight excluding hydrogens is 344 g/mol.